The number of aryl methyl sites for hydroxylation is 1. The summed E-state index contributed by atoms with van der Waals surface area (Å²) in [7, 11) is 0. The van der Waals surface area contributed by atoms with Gasteiger partial charge in [0.05, 0.1) is 5.69 Å². The number of thiazole rings is 1. The number of para-hydroxylation sites is 2. The van der Waals surface area contributed by atoms with Crippen LogP contribution in [-0.4, -0.2) is 21.8 Å². The minimum Gasteiger partial charge on any atom is -0.485 e. The van der Waals surface area contributed by atoms with Gasteiger partial charge in [0.15, 0.2) is 11.5 Å². The molecule has 29 heavy (non-hydrogen) atoms. The van der Waals surface area contributed by atoms with Crippen LogP contribution in [0.25, 0.3) is 10.6 Å². The summed E-state index contributed by atoms with van der Waals surface area (Å²) in [5.41, 5.74) is 3.36. The first-order valence-electron chi connectivity index (χ1n) is 9.11. The van der Waals surface area contributed by atoms with Crippen LogP contribution in [0.1, 0.15) is 23.3 Å². The average molecular weight is 424 g/mol. The van der Waals surface area contributed by atoms with Crippen LogP contribution in [0.2, 0.25) is 0 Å². The summed E-state index contributed by atoms with van der Waals surface area (Å²) in [5, 5.41) is 11.8. The van der Waals surface area contributed by atoms with E-state index in [-0.39, 0.29) is 0 Å². The van der Waals surface area contributed by atoms with Gasteiger partial charge in [0.1, 0.15) is 11.6 Å². The van der Waals surface area contributed by atoms with Crippen LogP contribution in [0.4, 0.5) is 0 Å². The van der Waals surface area contributed by atoms with Gasteiger partial charge in [-0.05, 0) is 19.1 Å². The summed E-state index contributed by atoms with van der Waals surface area (Å²) in [6.07, 6.45) is -0.404. The fraction of sp³-hybridized carbons (Fsp3) is 0.190. The van der Waals surface area contributed by atoms with Gasteiger partial charge in [-0.2, -0.15) is 0 Å². The summed E-state index contributed by atoms with van der Waals surface area (Å²) in [5.74, 6) is 2.49. The Balaban J connectivity index is 1.22. The number of benzene rings is 2. The Morgan fingerprint density at radius 3 is 2.76 bits per heavy atom. The Labute approximate surface area is 175 Å². The van der Waals surface area contributed by atoms with Gasteiger partial charge in [-0.25, -0.2) is 4.98 Å². The van der Waals surface area contributed by atoms with E-state index in [0.717, 1.165) is 22.0 Å². The lowest BCUT2D eigenvalue weighted by atomic mass is 10.2. The molecule has 1 atom stereocenters. The van der Waals surface area contributed by atoms with Crippen LogP contribution in [0.3, 0.4) is 0 Å². The standard InChI is InChI=1S/C21H17N3O3S2/c1-13-6-8-14(9-7-13)20-22-15(11-28-20)12-29-21-24-23-19(27-21)18-10-25-16-4-2-3-5-17(16)26-18/h2-9,11,18H,10,12H2,1H3. The number of aromatic nitrogens is 3. The third kappa shape index (κ3) is 3.99. The molecule has 1 aliphatic heterocycles. The molecule has 1 aliphatic rings. The van der Waals surface area contributed by atoms with Gasteiger partial charge in [0.25, 0.3) is 11.1 Å². The SMILES string of the molecule is Cc1ccc(-c2nc(CSc3nnc(C4COc5ccccc5O4)o3)cs2)cc1. The smallest absolute Gasteiger partial charge is 0.277 e. The molecule has 3 heterocycles. The minimum atomic E-state index is -0.404. The zero-order valence-electron chi connectivity index (χ0n) is 15.6. The van der Waals surface area contributed by atoms with Crippen molar-refractivity contribution >= 4 is 23.1 Å². The topological polar surface area (TPSA) is 70.3 Å². The van der Waals surface area contributed by atoms with E-state index in [2.05, 4.69) is 46.8 Å². The molecular weight excluding hydrogens is 406 g/mol. The van der Waals surface area contributed by atoms with Crippen molar-refractivity contribution in [1.82, 2.24) is 15.2 Å². The third-order valence-corrected chi connectivity index (χ3v) is 6.19. The van der Waals surface area contributed by atoms with Crippen molar-refractivity contribution in [2.45, 2.75) is 24.0 Å². The zero-order chi connectivity index (χ0) is 19.6. The highest BCUT2D eigenvalue weighted by atomic mass is 32.2. The van der Waals surface area contributed by atoms with Crippen molar-refractivity contribution in [3.63, 3.8) is 0 Å². The first-order valence-corrected chi connectivity index (χ1v) is 11.0. The van der Waals surface area contributed by atoms with E-state index in [9.17, 15) is 0 Å². The molecule has 0 bridgehead atoms. The molecule has 0 radical (unpaired) electrons. The van der Waals surface area contributed by atoms with Crippen molar-refractivity contribution in [2.75, 3.05) is 6.61 Å². The average Bonchev–Trinajstić information content (AvgIpc) is 3.42. The largest absolute Gasteiger partial charge is 0.485 e. The molecule has 0 spiro atoms. The summed E-state index contributed by atoms with van der Waals surface area (Å²) in [6, 6.07) is 15.9. The van der Waals surface area contributed by atoms with E-state index >= 15 is 0 Å². The molecule has 0 saturated heterocycles. The second-order valence-electron chi connectivity index (χ2n) is 6.57. The fourth-order valence-electron chi connectivity index (χ4n) is 2.89. The molecule has 1 unspecified atom stereocenters. The molecule has 0 saturated carbocycles. The monoisotopic (exact) mass is 423 g/mol. The van der Waals surface area contributed by atoms with E-state index in [1.807, 2.05) is 24.3 Å². The minimum absolute atomic E-state index is 0.343. The van der Waals surface area contributed by atoms with Gasteiger partial charge < -0.3 is 13.9 Å². The number of thioether (sulfide) groups is 1. The van der Waals surface area contributed by atoms with Gasteiger partial charge in [-0.15, -0.1) is 21.5 Å². The molecule has 0 amide bonds. The lowest BCUT2D eigenvalue weighted by Gasteiger charge is -2.23. The number of rotatable bonds is 5. The predicted octanol–water partition coefficient (Wildman–Crippen LogP) is 5.31. The number of nitrogens with zero attached hydrogens (tertiary/aromatic N) is 3. The Hall–Kier alpha value is -2.84. The number of hydrogen-bond donors (Lipinski definition) is 0. The molecule has 0 aliphatic carbocycles. The van der Waals surface area contributed by atoms with E-state index < -0.39 is 6.10 Å². The van der Waals surface area contributed by atoms with Crippen molar-refractivity contribution in [1.29, 1.82) is 0 Å². The lowest BCUT2D eigenvalue weighted by Crippen LogP contribution is -2.21. The molecule has 0 fully saturated rings. The maximum atomic E-state index is 5.91. The van der Waals surface area contributed by atoms with Crippen LogP contribution in [-0.2, 0) is 5.75 Å². The normalized spacial score (nSPS) is 15.4. The molecule has 2 aromatic carbocycles. The summed E-state index contributed by atoms with van der Waals surface area (Å²) < 4.78 is 17.4. The molecule has 0 N–H and O–H groups in total. The first kappa shape index (κ1) is 18.2. The van der Waals surface area contributed by atoms with Crippen molar-refractivity contribution < 1.29 is 13.9 Å². The highest BCUT2D eigenvalue weighted by Crippen LogP contribution is 2.36. The Morgan fingerprint density at radius 2 is 1.90 bits per heavy atom. The predicted molar refractivity (Wildman–Crippen MR) is 111 cm³/mol. The fourth-order valence-corrected chi connectivity index (χ4v) is 4.48. The van der Waals surface area contributed by atoms with Crippen LogP contribution in [0, 0.1) is 6.92 Å². The first-order chi connectivity index (χ1) is 14.2. The number of ether oxygens (including phenoxy) is 2. The molecule has 8 heteroatoms. The Kier molecular flexibility index (Phi) is 4.95. The van der Waals surface area contributed by atoms with Crippen molar-refractivity contribution in [3.8, 4) is 22.1 Å². The number of fused-ring (bicyclic) bond motifs is 1. The van der Waals surface area contributed by atoms with Gasteiger partial charge in [-0.1, -0.05) is 53.7 Å². The third-order valence-electron chi connectivity index (χ3n) is 4.40. The van der Waals surface area contributed by atoms with Crippen LogP contribution >= 0.6 is 23.1 Å². The number of hydrogen-bond acceptors (Lipinski definition) is 8. The summed E-state index contributed by atoms with van der Waals surface area (Å²) in [6.45, 7) is 2.42. The van der Waals surface area contributed by atoms with Gasteiger partial charge in [-0.3, -0.25) is 0 Å². The van der Waals surface area contributed by atoms with E-state index in [1.165, 1.54) is 17.3 Å². The Morgan fingerprint density at radius 1 is 1.07 bits per heavy atom. The molecule has 4 aromatic rings. The second-order valence-corrected chi connectivity index (χ2v) is 8.35. The molecule has 6 nitrogen and oxygen atoms in total. The molecular formula is C21H17N3O3S2. The van der Waals surface area contributed by atoms with E-state index in [4.69, 9.17) is 18.9 Å². The van der Waals surface area contributed by atoms with E-state index in [0.29, 0.717) is 29.2 Å². The summed E-state index contributed by atoms with van der Waals surface area (Å²) in [4.78, 5) is 4.71. The maximum Gasteiger partial charge on any atom is 0.277 e. The van der Waals surface area contributed by atoms with Crippen LogP contribution in [0.15, 0.2) is 63.6 Å². The van der Waals surface area contributed by atoms with Crippen LogP contribution < -0.4 is 9.47 Å². The molecule has 5 rings (SSSR count). The highest BCUT2D eigenvalue weighted by molar-refractivity contribution is 7.98. The van der Waals surface area contributed by atoms with Crippen LogP contribution in [0.5, 0.6) is 11.5 Å². The maximum absolute atomic E-state index is 5.91. The van der Waals surface area contributed by atoms with Gasteiger partial charge in [0, 0.05) is 16.7 Å². The zero-order valence-corrected chi connectivity index (χ0v) is 17.2. The van der Waals surface area contributed by atoms with Gasteiger partial charge in [0.2, 0.25) is 6.10 Å². The van der Waals surface area contributed by atoms with Gasteiger partial charge >= 0.3 is 0 Å². The van der Waals surface area contributed by atoms with Crippen molar-refractivity contribution in [2.24, 2.45) is 0 Å². The quantitative estimate of drug-likeness (QED) is 0.403. The Bertz CT molecular complexity index is 1120. The molecule has 146 valence electrons. The summed E-state index contributed by atoms with van der Waals surface area (Å²) >= 11 is 3.10. The second kappa shape index (κ2) is 7.88. The van der Waals surface area contributed by atoms with Crippen molar-refractivity contribution in [3.05, 3.63) is 71.1 Å². The van der Waals surface area contributed by atoms with E-state index in [1.54, 1.807) is 11.3 Å². The lowest BCUT2D eigenvalue weighted by molar-refractivity contribution is 0.0686. The highest BCUT2D eigenvalue weighted by Gasteiger charge is 2.27. The molecule has 2 aromatic heterocycles.